The Balaban J connectivity index is 2.21. The van der Waals surface area contributed by atoms with Crippen LogP contribution in [-0.2, 0) is 4.79 Å². The Morgan fingerprint density at radius 3 is 3.22 bits per heavy atom. The Kier molecular flexibility index (Phi) is 4.00. The maximum Gasteiger partial charge on any atom is 0.228 e. The first-order chi connectivity index (χ1) is 8.61. The molecule has 1 aliphatic heterocycles. The summed E-state index contributed by atoms with van der Waals surface area (Å²) >= 11 is 9.00. The maximum absolute atomic E-state index is 11.9. The Hall–Kier alpha value is -1.37. The Labute approximate surface area is 116 Å². The number of carbonyl (C=O) groups excluding carboxylic acids is 1. The van der Waals surface area contributed by atoms with Gasteiger partial charge in [-0.25, -0.2) is 4.98 Å². The predicted molar refractivity (Wildman–Crippen MR) is 69.2 cm³/mol. The van der Waals surface area contributed by atoms with E-state index in [1.165, 1.54) is 11.1 Å². The molecule has 0 aliphatic carbocycles. The summed E-state index contributed by atoms with van der Waals surface area (Å²) in [7, 11) is 0. The molecule has 1 unspecified atom stereocenters. The molecule has 1 fully saturated rings. The minimum atomic E-state index is -0.0661. The Morgan fingerprint density at radius 1 is 1.72 bits per heavy atom. The van der Waals surface area contributed by atoms with Gasteiger partial charge in [-0.15, -0.1) is 0 Å². The zero-order valence-corrected chi connectivity index (χ0v) is 11.5. The largest absolute Gasteiger partial charge is 0.295 e. The van der Waals surface area contributed by atoms with E-state index in [0.717, 1.165) is 0 Å². The highest BCUT2D eigenvalue weighted by molar-refractivity contribution is 9.10. The van der Waals surface area contributed by atoms with E-state index >= 15 is 0 Å². The van der Waals surface area contributed by atoms with Crippen LogP contribution in [0.1, 0.15) is 6.42 Å². The fourth-order valence-electron chi connectivity index (χ4n) is 1.79. The predicted octanol–water partition coefficient (Wildman–Crippen LogP) is 2.56. The van der Waals surface area contributed by atoms with Gasteiger partial charge in [0, 0.05) is 30.6 Å². The summed E-state index contributed by atoms with van der Waals surface area (Å²) in [4.78, 5) is 23.9. The van der Waals surface area contributed by atoms with Crippen molar-refractivity contribution < 1.29 is 4.79 Å². The van der Waals surface area contributed by atoms with Crippen molar-refractivity contribution in [3.05, 3.63) is 26.4 Å². The third-order valence-electron chi connectivity index (χ3n) is 2.56. The van der Waals surface area contributed by atoms with Crippen LogP contribution in [0.25, 0.3) is 10.4 Å². The molecule has 0 N–H and O–H groups in total. The number of hydrogen-bond donors (Lipinski definition) is 0. The third kappa shape index (κ3) is 2.72. The lowest BCUT2D eigenvalue weighted by Crippen LogP contribution is -2.26. The van der Waals surface area contributed by atoms with Gasteiger partial charge in [0.25, 0.3) is 0 Å². The van der Waals surface area contributed by atoms with Crippen molar-refractivity contribution >= 4 is 39.3 Å². The van der Waals surface area contributed by atoms with E-state index < -0.39 is 0 Å². The van der Waals surface area contributed by atoms with Crippen molar-refractivity contribution in [2.75, 3.05) is 18.0 Å². The lowest BCUT2D eigenvalue weighted by atomic mass is 10.1. The molecule has 1 atom stereocenters. The van der Waals surface area contributed by atoms with Crippen LogP contribution >= 0.6 is 27.5 Å². The highest BCUT2D eigenvalue weighted by Crippen LogP contribution is 2.30. The molecule has 1 aromatic heterocycles. The summed E-state index contributed by atoms with van der Waals surface area (Å²) in [5.41, 5.74) is 8.27. The quantitative estimate of drug-likeness (QED) is 0.368. The molecule has 2 heterocycles. The molecule has 2 rings (SSSR count). The SMILES string of the molecule is [N-]=[N+]=NCC1CC(=O)N(c2nc(Cl)ncc2Br)C1. The monoisotopic (exact) mass is 330 g/mol. The summed E-state index contributed by atoms with van der Waals surface area (Å²) in [6.45, 7) is 0.763. The molecule has 0 aromatic carbocycles. The van der Waals surface area contributed by atoms with Crippen molar-refractivity contribution in [2.45, 2.75) is 6.42 Å². The van der Waals surface area contributed by atoms with Gasteiger partial charge in [-0.2, -0.15) is 4.98 Å². The van der Waals surface area contributed by atoms with Crippen molar-refractivity contribution in [3.8, 4) is 0 Å². The average Bonchev–Trinajstić information content (AvgIpc) is 2.71. The Morgan fingerprint density at radius 2 is 2.50 bits per heavy atom. The molecule has 1 saturated heterocycles. The van der Waals surface area contributed by atoms with E-state index in [9.17, 15) is 4.79 Å². The second kappa shape index (κ2) is 5.51. The summed E-state index contributed by atoms with van der Waals surface area (Å²) in [6, 6.07) is 0. The van der Waals surface area contributed by atoms with Crippen LogP contribution in [0, 0.1) is 5.92 Å². The number of hydrogen-bond acceptors (Lipinski definition) is 4. The van der Waals surface area contributed by atoms with Crippen molar-refractivity contribution in [1.29, 1.82) is 0 Å². The van der Waals surface area contributed by atoms with Crippen molar-refractivity contribution in [3.63, 3.8) is 0 Å². The van der Waals surface area contributed by atoms with Gasteiger partial charge in [0.15, 0.2) is 5.82 Å². The number of halogens is 2. The maximum atomic E-state index is 11.9. The van der Waals surface area contributed by atoms with Gasteiger partial charge < -0.3 is 0 Å². The number of carbonyl (C=O) groups is 1. The number of nitrogens with zero attached hydrogens (tertiary/aromatic N) is 6. The zero-order chi connectivity index (χ0) is 13.1. The average molecular weight is 332 g/mol. The molecule has 0 saturated carbocycles. The van der Waals surface area contributed by atoms with E-state index in [1.807, 2.05) is 0 Å². The second-order valence-electron chi connectivity index (χ2n) is 3.80. The van der Waals surface area contributed by atoms with E-state index in [1.54, 1.807) is 0 Å². The van der Waals surface area contributed by atoms with Crippen LogP contribution in [0.2, 0.25) is 5.28 Å². The van der Waals surface area contributed by atoms with Gasteiger partial charge >= 0.3 is 0 Å². The molecule has 1 aliphatic rings. The van der Waals surface area contributed by atoms with E-state index in [-0.39, 0.29) is 17.1 Å². The third-order valence-corrected chi connectivity index (χ3v) is 3.30. The van der Waals surface area contributed by atoms with Crippen LogP contribution in [-0.4, -0.2) is 29.0 Å². The highest BCUT2D eigenvalue weighted by atomic mass is 79.9. The first kappa shape index (κ1) is 13.1. The summed E-state index contributed by atoms with van der Waals surface area (Å²) < 4.78 is 0.602. The molecule has 94 valence electrons. The summed E-state index contributed by atoms with van der Waals surface area (Å²) in [5.74, 6) is 0.390. The van der Waals surface area contributed by atoms with Crippen molar-refractivity contribution in [2.24, 2.45) is 11.0 Å². The first-order valence-electron chi connectivity index (χ1n) is 5.11. The summed E-state index contributed by atoms with van der Waals surface area (Å²) in [5, 5.41) is 3.57. The number of aromatic nitrogens is 2. The van der Waals surface area contributed by atoms with E-state index in [2.05, 4.69) is 35.9 Å². The molecule has 0 radical (unpaired) electrons. The molecule has 18 heavy (non-hydrogen) atoms. The number of azide groups is 1. The lowest BCUT2D eigenvalue weighted by Gasteiger charge is -2.16. The van der Waals surface area contributed by atoms with Crippen LogP contribution in [0.4, 0.5) is 5.82 Å². The number of anilines is 1. The fourth-order valence-corrected chi connectivity index (χ4v) is 2.32. The molecule has 1 aromatic rings. The minimum absolute atomic E-state index is 0.00837. The topological polar surface area (TPSA) is 94.9 Å². The zero-order valence-electron chi connectivity index (χ0n) is 9.12. The second-order valence-corrected chi connectivity index (χ2v) is 4.99. The van der Waals surface area contributed by atoms with Gasteiger partial charge in [0.1, 0.15) is 0 Å². The van der Waals surface area contributed by atoms with Gasteiger partial charge in [0.05, 0.1) is 4.47 Å². The van der Waals surface area contributed by atoms with Gasteiger partial charge in [-0.05, 0) is 39.0 Å². The van der Waals surface area contributed by atoms with Crippen LogP contribution in [0.5, 0.6) is 0 Å². The minimum Gasteiger partial charge on any atom is -0.295 e. The molecule has 7 nitrogen and oxygen atoms in total. The Bertz CT molecular complexity index is 532. The highest BCUT2D eigenvalue weighted by Gasteiger charge is 2.32. The first-order valence-corrected chi connectivity index (χ1v) is 6.28. The molecule has 9 heteroatoms. The molecule has 0 spiro atoms. The van der Waals surface area contributed by atoms with E-state index in [4.69, 9.17) is 17.1 Å². The number of rotatable bonds is 3. The molecular weight excluding hydrogens is 323 g/mol. The van der Waals surface area contributed by atoms with Crippen molar-refractivity contribution in [1.82, 2.24) is 9.97 Å². The fraction of sp³-hybridized carbons (Fsp3) is 0.444. The number of amides is 1. The van der Waals surface area contributed by atoms with Crippen LogP contribution in [0.15, 0.2) is 15.8 Å². The molecule has 1 amide bonds. The summed E-state index contributed by atoms with van der Waals surface area (Å²) in [6.07, 6.45) is 1.84. The van der Waals surface area contributed by atoms with Gasteiger partial charge in [-0.3, -0.25) is 9.69 Å². The normalized spacial score (nSPS) is 18.9. The molecular formula is C9H8BrClN6O. The standard InChI is InChI=1S/C9H8BrClN6O/c10-6-3-13-9(11)15-8(6)17-4-5(1-7(17)18)2-14-16-12/h3,5H,1-2,4H2. The van der Waals surface area contributed by atoms with Gasteiger partial charge in [0.2, 0.25) is 11.2 Å². The smallest absolute Gasteiger partial charge is 0.228 e. The van der Waals surface area contributed by atoms with Crippen LogP contribution in [0.3, 0.4) is 0 Å². The van der Waals surface area contributed by atoms with Crippen LogP contribution < -0.4 is 4.90 Å². The molecule has 0 bridgehead atoms. The van der Waals surface area contributed by atoms with Gasteiger partial charge in [-0.1, -0.05) is 5.11 Å². The van der Waals surface area contributed by atoms with E-state index in [0.29, 0.717) is 29.8 Å². The lowest BCUT2D eigenvalue weighted by molar-refractivity contribution is -0.117.